The number of hydrogen-bond acceptors (Lipinski definition) is 3. The highest BCUT2D eigenvalue weighted by Crippen LogP contribution is 2.26. The van der Waals surface area contributed by atoms with Crippen molar-refractivity contribution < 1.29 is 9.13 Å². The number of benzene rings is 1. The van der Waals surface area contributed by atoms with Gasteiger partial charge in [-0.25, -0.2) is 4.39 Å². The van der Waals surface area contributed by atoms with Crippen LogP contribution in [0.5, 0.6) is 11.5 Å². The van der Waals surface area contributed by atoms with E-state index in [1.165, 1.54) is 6.07 Å². The molecule has 0 fully saturated rings. The molecule has 0 bridgehead atoms. The highest BCUT2D eigenvalue weighted by atomic mass is 79.9. The van der Waals surface area contributed by atoms with Gasteiger partial charge in [0.2, 0.25) is 0 Å². The summed E-state index contributed by atoms with van der Waals surface area (Å²) >= 11 is 3.21. The molecule has 0 aliphatic heterocycles. The van der Waals surface area contributed by atoms with Gasteiger partial charge in [0.1, 0.15) is 5.75 Å². The van der Waals surface area contributed by atoms with Crippen LogP contribution in [0.2, 0.25) is 0 Å². The van der Waals surface area contributed by atoms with E-state index in [1.807, 2.05) is 6.92 Å². The lowest BCUT2D eigenvalue weighted by atomic mass is 10.3. The second kappa shape index (κ2) is 6.63. The van der Waals surface area contributed by atoms with Crippen LogP contribution in [-0.4, -0.2) is 11.5 Å². The summed E-state index contributed by atoms with van der Waals surface area (Å²) in [5.41, 5.74) is 0.858. The topological polar surface area (TPSA) is 34.1 Å². The third-order valence-corrected chi connectivity index (χ3v) is 2.96. The highest BCUT2D eigenvalue weighted by Gasteiger charge is 2.06. The molecule has 19 heavy (non-hydrogen) atoms. The van der Waals surface area contributed by atoms with Gasteiger partial charge in [-0.15, -0.1) is 0 Å². The molecule has 1 aromatic heterocycles. The molecule has 0 aliphatic rings. The second-order valence-corrected chi connectivity index (χ2v) is 4.86. The zero-order chi connectivity index (χ0) is 13.7. The highest BCUT2D eigenvalue weighted by molar-refractivity contribution is 9.10. The molecule has 0 saturated carbocycles. The first-order valence-corrected chi connectivity index (χ1v) is 6.77. The number of hydrogen-bond donors (Lipinski definition) is 1. The lowest BCUT2D eigenvalue weighted by Crippen LogP contribution is -2.12. The average Bonchev–Trinajstić information content (AvgIpc) is 2.40. The van der Waals surface area contributed by atoms with Gasteiger partial charge in [0.25, 0.3) is 0 Å². The molecular weight excluding hydrogens is 311 g/mol. The van der Waals surface area contributed by atoms with Gasteiger partial charge in [0, 0.05) is 23.3 Å². The molecule has 0 radical (unpaired) electrons. The van der Waals surface area contributed by atoms with Crippen molar-refractivity contribution >= 4 is 15.9 Å². The van der Waals surface area contributed by atoms with Crippen LogP contribution >= 0.6 is 15.9 Å². The molecule has 0 aliphatic carbocycles. The maximum atomic E-state index is 13.7. The summed E-state index contributed by atoms with van der Waals surface area (Å²) < 4.78 is 19.9. The summed E-state index contributed by atoms with van der Waals surface area (Å²) in [6, 6.07) is 8.19. The number of halogens is 2. The van der Waals surface area contributed by atoms with Crippen molar-refractivity contribution in [3.63, 3.8) is 0 Å². The van der Waals surface area contributed by atoms with Crippen LogP contribution in [0.1, 0.15) is 12.6 Å². The predicted octanol–water partition coefficient (Wildman–Crippen LogP) is 3.89. The number of pyridine rings is 1. The van der Waals surface area contributed by atoms with Gasteiger partial charge < -0.3 is 10.1 Å². The average molecular weight is 325 g/mol. The van der Waals surface area contributed by atoms with Gasteiger partial charge in [-0.3, -0.25) is 4.98 Å². The van der Waals surface area contributed by atoms with Crippen molar-refractivity contribution in [2.45, 2.75) is 13.5 Å². The molecule has 2 aromatic rings. The van der Waals surface area contributed by atoms with Crippen molar-refractivity contribution in [1.82, 2.24) is 10.3 Å². The van der Waals surface area contributed by atoms with Gasteiger partial charge in [0.05, 0.1) is 5.69 Å². The molecule has 3 nitrogen and oxygen atoms in total. The molecule has 0 spiro atoms. The molecule has 0 atom stereocenters. The van der Waals surface area contributed by atoms with Gasteiger partial charge >= 0.3 is 0 Å². The fourth-order valence-electron chi connectivity index (χ4n) is 1.55. The van der Waals surface area contributed by atoms with Crippen LogP contribution in [0.25, 0.3) is 0 Å². The largest absolute Gasteiger partial charge is 0.454 e. The maximum absolute atomic E-state index is 13.7. The van der Waals surface area contributed by atoms with Crippen LogP contribution in [0.3, 0.4) is 0 Å². The van der Waals surface area contributed by atoms with Gasteiger partial charge in [0.15, 0.2) is 11.6 Å². The van der Waals surface area contributed by atoms with Gasteiger partial charge in [-0.05, 0) is 30.8 Å². The maximum Gasteiger partial charge on any atom is 0.166 e. The number of rotatable bonds is 5. The van der Waals surface area contributed by atoms with Crippen molar-refractivity contribution in [3.05, 3.63) is 52.5 Å². The minimum absolute atomic E-state index is 0.198. The van der Waals surface area contributed by atoms with E-state index < -0.39 is 5.82 Å². The van der Waals surface area contributed by atoms with Crippen LogP contribution in [0.15, 0.2) is 41.0 Å². The van der Waals surface area contributed by atoms with Crippen molar-refractivity contribution in [2.75, 3.05) is 6.54 Å². The Morgan fingerprint density at radius 3 is 2.89 bits per heavy atom. The van der Waals surface area contributed by atoms with E-state index in [4.69, 9.17) is 4.74 Å². The third kappa shape index (κ3) is 4.01. The number of ether oxygens (including phenoxy) is 1. The minimum Gasteiger partial charge on any atom is -0.454 e. The third-order valence-electron chi connectivity index (χ3n) is 2.47. The molecular formula is C14H14BrFN2O. The van der Waals surface area contributed by atoms with Crippen molar-refractivity contribution in [2.24, 2.45) is 0 Å². The number of nitrogens with one attached hydrogen (secondary N) is 1. The first kappa shape index (κ1) is 14.0. The molecule has 0 saturated heterocycles. The second-order valence-electron chi connectivity index (χ2n) is 3.94. The van der Waals surface area contributed by atoms with Crippen LogP contribution in [-0.2, 0) is 6.54 Å². The molecule has 0 unspecified atom stereocenters. The van der Waals surface area contributed by atoms with Crippen LogP contribution < -0.4 is 10.1 Å². The zero-order valence-corrected chi connectivity index (χ0v) is 12.1. The molecule has 0 amide bonds. The Hall–Kier alpha value is -1.46. The van der Waals surface area contributed by atoms with E-state index >= 15 is 0 Å². The molecule has 2 rings (SSSR count). The molecule has 1 N–H and O–H groups in total. The predicted molar refractivity (Wildman–Crippen MR) is 75.8 cm³/mol. The van der Waals surface area contributed by atoms with E-state index in [1.54, 1.807) is 30.5 Å². The van der Waals surface area contributed by atoms with Gasteiger partial charge in [-0.1, -0.05) is 22.9 Å². The monoisotopic (exact) mass is 324 g/mol. The van der Waals surface area contributed by atoms with Crippen LogP contribution in [0.4, 0.5) is 4.39 Å². The summed E-state index contributed by atoms with van der Waals surface area (Å²) in [7, 11) is 0. The normalized spacial score (nSPS) is 10.5. The van der Waals surface area contributed by atoms with E-state index in [-0.39, 0.29) is 5.75 Å². The van der Waals surface area contributed by atoms with Crippen molar-refractivity contribution in [1.29, 1.82) is 0 Å². The van der Waals surface area contributed by atoms with Gasteiger partial charge in [-0.2, -0.15) is 0 Å². The fraction of sp³-hybridized carbons (Fsp3) is 0.214. The summed E-state index contributed by atoms with van der Waals surface area (Å²) in [6.07, 6.45) is 1.65. The smallest absolute Gasteiger partial charge is 0.166 e. The lowest BCUT2D eigenvalue weighted by Gasteiger charge is -2.08. The van der Waals surface area contributed by atoms with E-state index in [2.05, 4.69) is 26.2 Å². The Balaban J connectivity index is 2.14. The Bertz CT molecular complexity index is 563. The zero-order valence-electron chi connectivity index (χ0n) is 10.5. The molecule has 5 heteroatoms. The van der Waals surface area contributed by atoms with E-state index in [0.29, 0.717) is 16.8 Å². The standard InChI is InChI=1S/C14H14BrFN2O/c1-2-17-9-11-8-12(5-6-18-11)19-14-4-3-10(15)7-13(14)16/h3-8,17H,2,9H2,1H3. The van der Waals surface area contributed by atoms with Crippen LogP contribution in [0, 0.1) is 5.82 Å². The first-order valence-electron chi connectivity index (χ1n) is 5.97. The summed E-state index contributed by atoms with van der Waals surface area (Å²) in [6.45, 7) is 3.56. The molecule has 1 heterocycles. The molecule has 100 valence electrons. The minimum atomic E-state index is -0.403. The van der Waals surface area contributed by atoms with E-state index in [9.17, 15) is 4.39 Å². The SMILES string of the molecule is CCNCc1cc(Oc2ccc(Br)cc2F)ccn1. The summed E-state index contributed by atoms with van der Waals surface area (Å²) in [5, 5.41) is 3.18. The first-order chi connectivity index (χ1) is 9.19. The fourth-order valence-corrected chi connectivity index (χ4v) is 1.89. The summed E-state index contributed by atoms with van der Waals surface area (Å²) in [5.74, 6) is 0.368. The Morgan fingerprint density at radius 1 is 1.32 bits per heavy atom. The Kier molecular flexibility index (Phi) is 4.87. The summed E-state index contributed by atoms with van der Waals surface area (Å²) in [4.78, 5) is 4.21. The quantitative estimate of drug-likeness (QED) is 0.906. The Morgan fingerprint density at radius 2 is 2.16 bits per heavy atom. The number of aromatic nitrogens is 1. The van der Waals surface area contributed by atoms with E-state index in [0.717, 1.165) is 12.2 Å². The molecule has 1 aromatic carbocycles. The lowest BCUT2D eigenvalue weighted by molar-refractivity contribution is 0.440. The Labute approximate surface area is 119 Å². The number of nitrogens with zero attached hydrogens (tertiary/aromatic N) is 1. The van der Waals surface area contributed by atoms with Crippen molar-refractivity contribution in [3.8, 4) is 11.5 Å².